The molecule has 1 unspecified atom stereocenters. The zero-order chi connectivity index (χ0) is 31.9. The number of aliphatic carboxylic acids is 2. The van der Waals surface area contributed by atoms with Crippen molar-refractivity contribution >= 4 is 39.8 Å². The number of carboxylic acid groups (broad SMARTS) is 2. The van der Waals surface area contributed by atoms with Gasteiger partial charge in [-0.1, -0.05) is 36.4 Å². The molecular weight excluding hydrogens is 593 g/mol. The second kappa shape index (κ2) is 13.1. The van der Waals surface area contributed by atoms with E-state index in [1.807, 2.05) is 37.3 Å². The molecular formula is C26H19F7N6O4. The summed E-state index contributed by atoms with van der Waals surface area (Å²) in [6.45, 7) is 2.01. The Morgan fingerprint density at radius 3 is 2.09 bits per heavy atom. The summed E-state index contributed by atoms with van der Waals surface area (Å²) >= 11 is 0. The van der Waals surface area contributed by atoms with Gasteiger partial charge in [0, 0.05) is 22.7 Å². The van der Waals surface area contributed by atoms with Crippen molar-refractivity contribution in [2.45, 2.75) is 25.3 Å². The normalized spacial score (nSPS) is 12.0. The molecule has 0 amide bonds. The van der Waals surface area contributed by atoms with Crippen molar-refractivity contribution in [1.29, 1.82) is 0 Å². The van der Waals surface area contributed by atoms with Gasteiger partial charge in [-0.3, -0.25) is 4.98 Å². The number of aromatic amines is 1. The van der Waals surface area contributed by atoms with Crippen molar-refractivity contribution in [3.63, 3.8) is 0 Å². The van der Waals surface area contributed by atoms with E-state index in [4.69, 9.17) is 19.8 Å². The maximum atomic E-state index is 14.8. The highest BCUT2D eigenvalue weighted by atomic mass is 19.4. The van der Waals surface area contributed by atoms with Crippen LogP contribution in [0.4, 0.5) is 36.6 Å². The molecule has 0 aliphatic heterocycles. The molecule has 3 aromatic heterocycles. The molecule has 4 N–H and O–H groups in total. The number of nitrogens with one attached hydrogen (secondary N) is 2. The van der Waals surface area contributed by atoms with Gasteiger partial charge in [-0.2, -0.15) is 26.3 Å². The number of hydrogen-bond donors (Lipinski definition) is 4. The number of imidazole rings is 1. The summed E-state index contributed by atoms with van der Waals surface area (Å²) in [5, 5.41) is 18.6. The molecule has 10 nitrogen and oxygen atoms in total. The minimum absolute atomic E-state index is 0.169. The Balaban J connectivity index is 0.000000303. The lowest BCUT2D eigenvalue weighted by molar-refractivity contribution is -0.193. The number of alkyl halides is 6. The number of carboxylic acids is 2. The van der Waals surface area contributed by atoms with Crippen molar-refractivity contribution in [3.05, 3.63) is 78.8 Å². The number of carbonyl (C=O) groups is 2. The quantitative estimate of drug-likeness (QED) is 0.175. The van der Waals surface area contributed by atoms with Gasteiger partial charge in [-0.15, -0.1) is 0 Å². The van der Waals surface area contributed by atoms with Crippen molar-refractivity contribution in [1.82, 2.24) is 24.9 Å². The minimum Gasteiger partial charge on any atom is -0.475 e. The first kappa shape index (κ1) is 32.2. The fourth-order valence-electron chi connectivity index (χ4n) is 3.63. The van der Waals surface area contributed by atoms with E-state index in [0.717, 1.165) is 27.5 Å². The molecule has 5 aromatic rings. The average Bonchev–Trinajstić information content (AvgIpc) is 3.43. The predicted octanol–water partition coefficient (Wildman–Crippen LogP) is 6.15. The second-order valence-corrected chi connectivity index (χ2v) is 8.38. The van der Waals surface area contributed by atoms with Gasteiger partial charge in [0.1, 0.15) is 17.7 Å². The van der Waals surface area contributed by atoms with Crippen LogP contribution in [0.3, 0.4) is 0 Å². The van der Waals surface area contributed by atoms with Gasteiger partial charge in [0.05, 0.1) is 17.9 Å². The largest absolute Gasteiger partial charge is 0.490 e. The molecule has 1 atom stereocenters. The van der Waals surface area contributed by atoms with Crippen molar-refractivity contribution in [3.8, 4) is 11.1 Å². The molecule has 0 saturated carbocycles. The topological polar surface area (TPSA) is 154 Å². The number of rotatable bonds is 4. The fourth-order valence-corrected chi connectivity index (χ4v) is 3.63. The Hall–Kier alpha value is -5.35. The van der Waals surface area contributed by atoms with E-state index in [0.29, 0.717) is 17.0 Å². The molecule has 0 aliphatic rings. The summed E-state index contributed by atoms with van der Waals surface area (Å²) in [7, 11) is 0. The monoisotopic (exact) mass is 612 g/mol. The zero-order valence-electron chi connectivity index (χ0n) is 21.6. The smallest absolute Gasteiger partial charge is 0.475 e. The number of anilines is 1. The zero-order valence-corrected chi connectivity index (χ0v) is 21.6. The molecule has 0 fully saturated rings. The summed E-state index contributed by atoms with van der Waals surface area (Å²) in [6.07, 6.45) is -5.38. The lowest BCUT2D eigenvalue weighted by atomic mass is 9.92. The number of benzene rings is 2. The van der Waals surface area contributed by atoms with E-state index < -0.39 is 24.3 Å². The van der Waals surface area contributed by atoms with E-state index >= 15 is 0 Å². The van der Waals surface area contributed by atoms with Gasteiger partial charge in [-0.25, -0.2) is 28.9 Å². The van der Waals surface area contributed by atoms with Gasteiger partial charge < -0.3 is 20.5 Å². The number of aromatic nitrogens is 5. The van der Waals surface area contributed by atoms with Crippen molar-refractivity contribution < 1.29 is 50.5 Å². The van der Waals surface area contributed by atoms with E-state index in [2.05, 4.69) is 30.2 Å². The van der Waals surface area contributed by atoms with Gasteiger partial charge in [-0.05, 0) is 24.6 Å². The van der Waals surface area contributed by atoms with Crippen LogP contribution in [0.15, 0.2) is 67.4 Å². The summed E-state index contributed by atoms with van der Waals surface area (Å²) in [5.74, 6) is -5.15. The molecule has 0 radical (unpaired) electrons. The third kappa shape index (κ3) is 8.11. The van der Waals surface area contributed by atoms with Crippen LogP contribution in [0, 0.1) is 5.82 Å². The molecule has 2 aromatic carbocycles. The Labute approximate surface area is 236 Å². The number of pyridine rings is 1. The van der Waals surface area contributed by atoms with E-state index in [9.17, 15) is 30.7 Å². The Kier molecular flexibility index (Phi) is 9.79. The average molecular weight is 612 g/mol. The molecule has 17 heteroatoms. The summed E-state index contributed by atoms with van der Waals surface area (Å²) in [4.78, 5) is 38.1. The number of fused-ring (bicyclic) bond motifs is 2. The molecule has 0 spiro atoms. The highest BCUT2D eigenvalue weighted by Crippen LogP contribution is 2.37. The number of nitrogens with zero attached hydrogens (tertiary/aromatic N) is 4. The third-order valence-corrected chi connectivity index (χ3v) is 5.48. The predicted molar refractivity (Wildman–Crippen MR) is 138 cm³/mol. The SMILES string of the molecule is CC(Nc1ncnc2nc[nH]c12)c1ccc2cccnc2c1-c1ccccc1F.O=C(O)C(F)(F)F.O=C(O)C(F)(F)F. The lowest BCUT2D eigenvalue weighted by Gasteiger charge is -2.20. The maximum absolute atomic E-state index is 14.8. The standard InChI is InChI=1S/C22H17FN6.2C2HF3O2/c1-13(29-22-20-21(26-11-25-20)27-12-28-22)15-9-8-14-5-4-10-24-19(14)18(15)16-6-2-3-7-17(16)23;2*3-2(4,5)1(6)7/h2-13H,1H3,(H2,25,26,27,28,29);2*(H,6,7). The van der Waals surface area contributed by atoms with Crippen LogP contribution < -0.4 is 5.32 Å². The van der Waals surface area contributed by atoms with Crippen LogP contribution in [0.5, 0.6) is 0 Å². The first-order valence-electron chi connectivity index (χ1n) is 11.7. The summed E-state index contributed by atoms with van der Waals surface area (Å²) in [5.41, 5.74) is 4.30. The summed E-state index contributed by atoms with van der Waals surface area (Å²) in [6, 6.07) is 14.5. The van der Waals surface area contributed by atoms with E-state index in [1.54, 1.807) is 24.7 Å². The van der Waals surface area contributed by atoms with Crippen LogP contribution in [0.1, 0.15) is 18.5 Å². The molecule has 0 saturated heterocycles. The maximum Gasteiger partial charge on any atom is 0.490 e. The highest BCUT2D eigenvalue weighted by molar-refractivity contribution is 5.96. The van der Waals surface area contributed by atoms with Crippen LogP contribution in [-0.2, 0) is 9.59 Å². The van der Waals surface area contributed by atoms with Crippen molar-refractivity contribution in [2.24, 2.45) is 0 Å². The van der Waals surface area contributed by atoms with Crippen LogP contribution in [0.2, 0.25) is 0 Å². The number of halogens is 7. The molecule has 226 valence electrons. The van der Waals surface area contributed by atoms with Crippen molar-refractivity contribution in [2.75, 3.05) is 5.32 Å². The summed E-state index contributed by atoms with van der Waals surface area (Å²) < 4.78 is 78.2. The third-order valence-electron chi connectivity index (χ3n) is 5.48. The highest BCUT2D eigenvalue weighted by Gasteiger charge is 2.38. The Morgan fingerprint density at radius 2 is 1.49 bits per heavy atom. The molecule has 3 heterocycles. The van der Waals surface area contributed by atoms with Crippen LogP contribution in [0.25, 0.3) is 33.2 Å². The molecule has 43 heavy (non-hydrogen) atoms. The number of hydrogen-bond acceptors (Lipinski definition) is 7. The van der Waals surface area contributed by atoms with Crippen LogP contribution in [-0.4, -0.2) is 59.4 Å². The Bertz CT molecular complexity index is 1720. The molecule has 0 bridgehead atoms. The van der Waals surface area contributed by atoms with Gasteiger partial charge >= 0.3 is 24.3 Å². The number of H-pyrrole nitrogens is 1. The molecule has 5 rings (SSSR count). The fraction of sp³-hybridized carbons (Fsp3) is 0.154. The van der Waals surface area contributed by atoms with Crippen LogP contribution >= 0.6 is 0 Å². The first-order chi connectivity index (χ1) is 20.1. The van der Waals surface area contributed by atoms with E-state index in [-0.39, 0.29) is 11.9 Å². The van der Waals surface area contributed by atoms with E-state index in [1.165, 1.54) is 12.4 Å². The van der Waals surface area contributed by atoms with Gasteiger partial charge in [0.2, 0.25) is 0 Å². The first-order valence-corrected chi connectivity index (χ1v) is 11.7. The van der Waals surface area contributed by atoms with Gasteiger partial charge in [0.25, 0.3) is 0 Å². The minimum atomic E-state index is -5.08. The molecule has 0 aliphatic carbocycles. The Morgan fingerprint density at radius 1 is 0.860 bits per heavy atom. The lowest BCUT2D eigenvalue weighted by Crippen LogP contribution is -2.21. The second-order valence-electron chi connectivity index (χ2n) is 8.38. The van der Waals surface area contributed by atoms with Gasteiger partial charge in [0.15, 0.2) is 11.5 Å².